The topological polar surface area (TPSA) is 63.2 Å². The lowest BCUT2D eigenvalue weighted by atomic mass is 9.54. The predicted molar refractivity (Wildman–Crippen MR) is 89.4 cm³/mol. The van der Waals surface area contributed by atoms with Gasteiger partial charge in [0.15, 0.2) is 0 Å². The van der Waals surface area contributed by atoms with Crippen LogP contribution in [0.2, 0.25) is 0 Å². The molecule has 1 aliphatic heterocycles. The first kappa shape index (κ1) is 15.4. The number of aryl methyl sites for hydroxylation is 1. The fourth-order valence-corrected chi connectivity index (χ4v) is 5.65. The third kappa shape index (κ3) is 2.56. The van der Waals surface area contributed by atoms with Crippen LogP contribution >= 0.6 is 11.3 Å². The number of carbonyl (C=O) groups is 1. The van der Waals surface area contributed by atoms with Gasteiger partial charge in [-0.2, -0.15) is 0 Å². The molecule has 5 nitrogen and oxygen atoms in total. The molecule has 3 atom stereocenters. The molecule has 0 unspecified atom stereocenters. The lowest BCUT2D eigenvalue weighted by Crippen LogP contribution is -2.69. The van der Waals surface area contributed by atoms with E-state index < -0.39 is 0 Å². The average Bonchev–Trinajstić information content (AvgIpc) is 3.29. The second-order valence-corrected chi connectivity index (χ2v) is 8.26. The Bertz CT molecular complexity index is 582. The van der Waals surface area contributed by atoms with Gasteiger partial charge in [-0.15, -0.1) is 11.3 Å². The molecule has 3 fully saturated rings. The van der Waals surface area contributed by atoms with E-state index in [0.717, 1.165) is 24.5 Å². The molecule has 4 rings (SSSR count). The van der Waals surface area contributed by atoms with E-state index in [-0.39, 0.29) is 11.4 Å². The number of fused-ring (bicyclic) bond motifs is 2. The number of amides is 2. The monoisotopic (exact) mass is 335 g/mol. The summed E-state index contributed by atoms with van der Waals surface area (Å²) in [5.74, 6) is 0.519. The third-order valence-electron chi connectivity index (χ3n) is 5.92. The van der Waals surface area contributed by atoms with Crippen molar-refractivity contribution in [3.63, 3.8) is 0 Å². The smallest absolute Gasteiger partial charge is 0.315 e. The molecule has 6 heteroatoms. The maximum Gasteiger partial charge on any atom is 0.315 e. The number of hydrogen-bond acceptors (Lipinski definition) is 4. The Morgan fingerprint density at radius 1 is 1.48 bits per heavy atom. The van der Waals surface area contributed by atoms with E-state index in [1.54, 1.807) is 11.3 Å². The Morgan fingerprint density at radius 2 is 2.30 bits per heavy atom. The van der Waals surface area contributed by atoms with Gasteiger partial charge in [0, 0.05) is 35.1 Å². The highest BCUT2D eigenvalue weighted by Crippen LogP contribution is 2.60. The highest BCUT2D eigenvalue weighted by Gasteiger charge is 2.65. The molecule has 2 N–H and O–H groups in total. The zero-order valence-corrected chi connectivity index (χ0v) is 14.5. The molecular formula is C17H25N3O2S. The SMILES string of the molecule is CCc1cnc(CNC(=O)N[C@@H]2[C@H]3CCO[C@@H]3C23CCCC3)s1. The van der Waals surface area contributed by atoms with E-state index in [1.807, 2.05) is 6.20 Å². The molecule has 126 valence electrons. The number of nitrogens with one attached hydrogen (secondary N) is 2. The van der Waals surface area contributed by atoms with Gasteiger partial charge in [0.2, 0.25) is 0 Å². The number of rotatable bonds is 4. The summed E-state index contributed by atoms with van der Waals surface area (Å²) >= 11 is 1.67. The zero-order chi connectivity index (χ0) is 15.9. The van der Waals surface area contributed by atoms with Crippen LogP contribution in [0.25, 0.3) is 0 Å². The van der Waals surface area contributed by atoms with E-state index in [9.17, 15) is 4.79 Å². The van der Waals surface area contributed by atoms with E-state index in [0.29, 0.717) is 24.6 Å². The van der Waals surface area contributed by atoms with Crippen molar-refractivity contribution in [1.29, 1.82) is 0 Å². The highest BCUT2D eigenvalue weighted by molar-refractivity contribution is 7.11. The first-order valence-electron chi connectivity index (χ1n) is 8.82. The van der Waals surface area contributed by atoms with Gasteiger partial charge in [0.05, 0.1) is 12.6 Å². The normalized spacial score (nSPS) is 30.9. The Morgan fingerprint density at radius 3 is 3.04 bits per heavy atom. The summed E-state index contributed by atoms with van der Waals surface area (Å²) in [6, 6.07) is 0.236. The van der Waals surface area contributed by atoms with Crippen molar-refractivity contribution in [1.82, 2.24) is 15.6 Å². The van der Waals surface area contributed by atoms with Crippen molar-refractivity contribution in [2.24, 2.45) is 11.3 Å². The number of thiazole rings is 1. The number of urea groups is 1. The number of nitrogens with zero attached hydrogens (tertiary/aromatic N) is 1. The molecule has 1 aromatic rings. The highest BCUT2D eigenvalue weighted by atomic mass is 32.1. The third-order valence-corrected chi connectivity index (χ3v) is 7.06. The van der Waals surface area contributed by atoms with Crippen molar-refractivity contribution in [2.45, 2.75) is 64.1 Å². The molecule has 1 spiro atoms. The van der Waals surface area contributed by atoms with Crippen molar-refractivity contribution in [3.05, 3.63) is 16.1 Å². The van der Waals surface area contributed by atoms with Gasteiger partial charge < -0.3 is 15.4 Å². The van der Waals surface area contributed by atoms with Gasteiger partial charge in [0.1, 0.15) is 5.01 Å². The maximum absolute atomic E-state index is 12.3. The molecule has 23 heavy (non-hydrogen) atoms. The van der Waals surface area contributed by atoms with E-state index in [2.05, 4.69) is 22.5 Å². The first-order chi connectivity index (χ1) is 11.2. The molecule has 0 radical (unpaired) electrons. The van der Waals surface area contributed by atoms with Crippen LogP contribution in [0.4, 0.5) is 4.79 Å². The van der Waals surface area contributed by atoms with Gasteiger partial charge in [0.25, 0.3) is 0 Å². The van der Waals surface area contributed by atoms with Crippen molar-refractivity contribution < 1.29 is 9.53 Å². The number of ether oxygens (including phenoxy) is 1. The Balaban J connectivity index is 1.34. The minimum Gasteiger partial charge on any atom is -0.377 e. The van der Waals surface area contributed by atoms with Gasteiger partial charge >= 0.3 is 6.03 Å². The van der Waals surface area contributed by atoms with Crippen LogP contribution in [0.1, 0.15) is 48.9 Å². The van der Waals surface area contributed by atoms with E-state index in [4.69, 9.17) is 4.74 Å². The van der Waals surface area contributed by atoms with Gasteiger partial charge in [-0.05, 0) is 25.7 Å². The quantitative estimate of drug-likeness (QED) is 0.889. The van der Waals surface area contributed by atoms with Crippen LogP contribution in [0.15, 0.2) is 6.20 Å². The van der Waals surface area contributed by atoms with Crippen LogP contribution in [-0.4, -0.2) is 29.8 Å². The summed E-state index contributed by atoms with van der Waals surface area (Å²) in [6.07, 6.45) is 9.31. The van der Waals surface area contributed by atoms with Crippen LogP contribution in [0.5, 0.6) is 0 Å². The summed E-state index contributed by atoms with van der Waals surface area (Å²) in [7, 11) is 0. The van der Waals surface area contributed by atoms with E-state index >= 15 is 0 Å². The molecular weight excluding hydrogens is 310 g/mol. The maximum atomic E-state index is 12.3. The molecule has 2 aliphatic carbocycles. The van der Waals surface area contributed by atoms with Crippen molar-refractivity contribution in [3.8, 4) is 0 Å². The van der Waals surface area contributed by atoms with Gasteiger partial charge in [-0.1, -0.05) is 19.8 Å². The number of aromatic nitrogens is 1. The number of carbonyl (C=O) groups excluding carboxylic acids is 1. The van der Waals surface area contributed by atoms with E-state index in [1.165, 1.54) is 30.6 Å². The minimum atomic E-state index is -0.0557. The van der Waals surface area contributed by atoms with Crippen LogP contribution < -0.4 is 10.6 Å². The van der Waals surface area contributed by atoms with Crippen LogP contribution in [-0.2, 0) is 17.7 Å². The molecule has 1 saturated heterocycles. The summed E-state index contributed by atoms with van der Waals surface area (Å²) in [5, 5.41) is 7.21. The Kier molecular flexibility index (Phi) is 4.05. The van der Waals surface area contributed by atoms with Crippen molar-refractivity contribution in [2.75, 3.05) is 6.61 Å². The van der Waals surface area contributed by atoms with Crippen LogP contribution in [0, 0.1) is 11.3 Å². The zero-order valence-electron chi connectivity index (χ0n) is 13.6. The molecule has 2 amide bonds. The second-order valence-electron chi connectivity index (χ2n) is 7.06. The average molecular weight is 335 g/mol. The largest absolute Gasteiger partial charge is 0.377 e. The lowest BCUT2D eigenvalue weighted by molar-refractivity contribution is -0.126. The summed E-state index contributed by atoms with van der Waals surface area (Å²) < 4.78 is 5.97. The standard InChI is InChI=1S/C17H25N3O2S/c1-2-11-9-18-13(23-11)10-19-16(21)20-14-12-5-8-22-15(12)17(14)6-3-4-7-17/h9,12,14-15H,2-8,10H2,1H3,(H2,19,20,21)/t12-,14-,15+/m1/s1. The summed E-state index contributed by atoms with van der Waals surface area (Å²) in [6.45, 7) is 3.49. The van der Waals surface area contributed by atoms with Crippen molar-refractivity contribution >= 4 is 17.4 Å². The molecule has 2 heterocycles. The molecule has 3 aliphatic rings. The number of hydrogen-bond donors (Lipinski definition) is 2. The minimum absolute atomic E-state index is 0.0557. The van der Waals surface area contributed by atoms with Gasteiger partial charge in [-0.25, -0.2) is 9.78 Å². The predicted octanol–water partition coefficient (Wildman–Crippen LogP) is 2.85. The second kappa shape index (κ2) is 6.06. The summed E-state index contributed by atoms with van der Waals surface area (Å²) in [5.41, 5.74) is 0.217. The molecule has 2 saturated carbocycles. The fourth-order valence-electron chi connectivity index (χ4n) is 4.85. The summed E-state index contributed by atoms with van der Waals surface area (Å²) in [4.78, 5) is 18.0. The molecule has 1 aromatic heterocycles. The molecule has 0 bridgehead atoms. The first-order valence-corrected chi connectivity index (χ1v) is 9.64. The Labute approximate surface area is 141 Å². The van der Waals surface area contributed by atoms with Gasteiger partial charge in [-0.3, -0.25) is 0 Å². The molecule has 0 aromatic carbocycles. The Hall–Kier alpha value is -1.14. The fraction of sp³-hybridized carbons (Fsp3) is 0.765. The van der Waals surface area contributed by atoms with Crippen LogP contribution in [0.3, 0.4) is 0 Å². The lowest BCUT2D eigenvalue weighted by Gasteiger charge is -2.56.